The standard InChI is InChI=1S/C16H17ClN2O2/c17-13-3-5-14(6-4-13)19-16(20)11-21-15-7-1-12(2-8-15)9-10-18/h1-8H,9-11,18H2,(H,19,20). The van der Waals surface area contributed by atoms with Crippen LogP contribution in [0.4, 0.5) is 5.69 Å². The van der Waals surface area contributed by atoms with Gasteiger partial charge in [-0.2, -0.15) is 0 Å². The summed E-state index contributed by atoms with van der Waals surface area (Å²) < 4.78 is 5.43. The van der Waals surface area contributed by atoms with Crippen LogP contribution in [0.3, 0.4) is 0 Å². The third kappa shape index (κ3) is 5.10. The summed E-state index contributed by atoms with van der Waals surface area (Å²) in [4.78, 5) is 11.8. The highest BCUT2D eigenvalue weighted by molar-refractivity contribution is 6.30. The Kier molecular flexibility index (Phi) is 5.60. The number of nitrogens with two attached hydrogens (primary N) is 1. The van der Waals surface area contributed by atoms with E-state index in [1.807, 2.05) is 24.3 Å². The van der Waals surface area contributed by atoms with E-state index < -0.39 is 0 Å². The molecule has 0 unspecified atom stereocenters. The van der Waals surface area contributed by atoms with E-state index in [4.69, 9.17) is 22.1 Å². The highest BCUT2D eigenvalue weighted by Gasteiger charge is 2.04. The molecule has 0 heterocycles. The summed E-state index contributed by atoms with van der Waals surface area (Å²) in [5.74, 6) is 0.436. The molecule has 110 valence electrons. The molecule has 2 rings (SSSR count). The van der Waals surface area contributed by atoms with Crippen molar-refractivity contribution in [3.63, 3.8) is 0 Å². The molecule has 2 aromatic rings. The Balaban J connectivity index is 1.81. The number of halogens is 1. The van der Waals surface area contributed by atoms with Crippen molar-refractivity contribution in [2.24, 2.45) is 5.73 Å². The maximum absolute atomic E-state index is 11.8. The van der Waals surface area contributed by atoms with Crippen molar-refractivity contribution >= 4 is 23.2 Å². The summed E-state index contributed by atoms with van der Waals surface area (Å²) in [5, 5.41) is 3.36. The monoisotopic (exact) mass is 304 g/mol. The van der Waals surface area contributed by atoms with Gasteiger partial charge in [-0.15, -0.1) is 0 Å². The zero-order valence-electron chi connectivity index (χ0n) is 11.5. The van der Waals surface area contributed by atoms with Crippen LogP contribution in [0.15, 0.2) is 48.5 Å². The van der Waals surface area contributed by atoms with E-state index in [1.165, 1.54) is 0 Å². The van der Waals surface area contributed by atoms with E-state index in [-0.39, 0.29) is 12.5 Å². The first-order valence-corrected chi connectivity index (χ1v) is 7.02. The molecule has 3 N–H and O–H groups in total. The van der Waals surface area contributed by atoms with Gasteiger partial charge >= 0.3 is 0 Å². The summed E-state index contributed by atoms with van der Waals surface area (Å²) in [7, 11) is 0. The lowest BCUT2D eigenvalue weighted by molar-refractivity contribution is -0.118. The fraction of sp³-hybridized carbons (Fsp3) is 0.188. The zero-order valence-corrected chi connectivity index (χ0v) is 12.3. The van der Waals surface area contributed by atoms with Gasteiger partial charge in [0.1, 0.15) is 5.75 Å². The van der Waals surface area contributed by atoms with Gasteiger partial charge in [0.05, 0.1) is 0 Å². The Morgan fingerprint density at radius 1 is 1.10 bits per heavy atom. The molecule has 0 aliphatic heterocycles. The van der Waals surface area contributed by atoms with Crippen LogP contribution in [0.2, 0.25) is 5.02 Å². The molecule has 0 radical (unpaired) electrons. The lowest BCUT2D eigenvalue weighted by atomic mass is 10.1. The van der Waals surface area contributed by atoms with Gasteiger partial charge in [0.2, 0.25) is 0 Å². The average molecular weight is 305 g/mol. The van der Waals surface area contributed by atoms with E-state index in [0.29, 0.717) is 23.0 Å². The fourth-order valence-electron chi connectivity index (χ4n) is 1.80. The summed E-state index contributed by atoms with van der Waals surface area (Å²) >= 11 is 5.78. The lowest BCUT2D eigenvalue weighted by Gasteiger charge is -2.08. The molecule has 4 nitrogen and oxygen atoms in total. The number of rotatable bonds is 6. The van der Waals surface area contributed by atoms with Crippen LogP contribution in [0.25, 0.3) is 0 Å². The number of carbonyl (C=O) groups excluding carboxylic acids is 1. The molecule has 1 amide bonds. The van der Waals surface area contributed by atoms with E-state index in [0.717, 1.165) is 12.0 Å². The van der Waals surface area contributed by atoms with Crippen LogP contribution in [0, 0.1) is 0 Å². The van der Waals surface area contributed by atoms with Crippen molar-refractivity contribution in [2.75, 3.05) is 18.5 Å². The van der Waals surface area contributed by atoms with Crippen LogP contribution < -0.4 is 15.8 Å². The fourth-order valence-corrected chi connectivity index (χ4v) is 1.92. The average Bonchev–Trinajstić information content (AvgIpc) is 2.49. The van der Waals surface area contributed by atoms with Crippen molar-refractivity contribution < 1.29 is 9.53 Å². The maximum Gasteiger partial charge on any atom is 0.262 e. The second-order valence-corrected chi connectivity index (χ2v) is 4.96. The van der Waals surface area contributed by atoms with Crippen molar-refractivity contribution in [1.82, 2.24) is 0 Å². The summed E-state index contributed by atoms with van der Waals surface area (Å²) in [5.41, 5.74) is 7.32. The van der Waals surface area contributed by atoms with E-state index in [1.54, 1.807) is 24.3 Å². The molecule has 0 fully saturated rings. The Labute approximate surface area is 128 Å². The van der Waals surface area contributed by atoms with Gasteiger partial charge in [-0.05, 0) is 54.9 Å². The number of amides is 1. The van der Waals surface area contributed by atoms with Crippen molar-refractivity contribution in [1.29, 1.82) is 0 Å². The van der Waals surface area contributed by atoms with Crippen LogP contribution >= 0.6 is 11.6 Å². The highest BCUT2D eigenvalue weighted by atomic mass is 35.5. The van der Waals surface area contributed by atoms with Crippen LogP contribution in [0.5, 0.6) is 5.75 Å². The highest BCUT2D eigenvalue weighted by Crippen LogP contribution is 2.14. The minimum Gasteiger partial charge on any atom is -0.484 e. The Morgan fingerprint density at radius 3 is 2.38 bits per heavy atom. The van der Waals surface area contributed by atoms with Gasteiger partial charge in [-0.1, -0.05) is 23.7 Å². The van der Waals surface area contributed by atoms with Crippen molar-refractivity contribution in [2.45, 2.75) is 6.42 Å². The molecule has 5 heteroatoms. The number of hydrogen-bond donors (Lipinski definition) is 2. The number of benzene rings is 2. The summed E-state index contributed by atoms with van der Waals surface area (Å²) in [6.07, 6.45) is 0.831. The molecule has 21 heavy (non-hydrogen) atoms. The van der Waals surface area contributed by atoms with Crippen LogP contribution in [0.1, 0.15) is 5.56 Å². The molecule has 0 saturated heterocycles. The number of anilines is 1. The second kappa shape index (κ2) is 7.67. The number of ether oxygens (including phenoxy) is 1. The predicted octanol–water partition coefficient (Wildman–Crippen LogP) is 2.86. The minimum atomic E-state index is -0.219. The second-order valence-electron chi connectivity index (χ2n) is 4.53. The van der Waals surface area contributed by atoms with E-state index in [9.17, 15) is 4.79 Å². The molecule has 0 aliphatic rings. The topological polar surface area (TPSA) is 64.3 Å². The molecular formula is C16H17ClN2O2. The van der Waals surface area contributed by atoms with Gasteiger partial charge in [0.25, 0.3) is 5.91 Å². The van der Waals surface area contributed by atoms with Gasteiger partial charge in [0.15, 0.2) is 6.61 Å². The Bertz CT molecular complexity index is 582. The lowest BCUT2D eigenvalue weighted by Crippen LogP contribution is -2.20. The Morgan fingerprint density at radius 2 is 1.76 bits per heavy atom. The van der Waals surface area contributed by atoms with E-state index >= 15 is 0 Å². The molecule has 0 saturated carbocycles. The number of nitrogens with one attached hydrogen (secondary N) is 1. The third-order valence-electron chi connectivity index (χ3n) is 2.85. The predicted molar refractivity (Wildman–Crippen MR) is 84.8 cm³/mol. The van der Waals surface area contributed by atoms with E-state index in [2.05, 4.69) is 5.32 Å². The molecule has 0 aromatic heterocycles. The van der Waals surface area contributed by atoms with Crippen LogP contribution in [-0.4, -0.2) is 19.1 Å². The normalized spacial score (nSPS) is 10.2. The van der Waals surface area contributed by atoms with Gasteiger partial charge in [0, 0.05) is 10.7 Å². The zero-order chi connectivity index (χ0) is 15.1. The molecule has 0 spiro atoms. The summed E-state index contributed by atoms with van der Waals surface area (Å²) in [6.45, 7) is 0.572. The first-order chi connectivity index (χ1) is 10.2. The third-order valence-corrected chi connectivity index (χ3v) is 3.11. The molecule has 0 bridgehead atoms. The number of hydrogen-bond acceptors (Lipinski definition) is 3. The minimum absolute atomic E-state index is 0.0428. The Hall–Kier alpha value is -2.04. The quantitative estimate of drug-likeness (QED) is 0.862. The largest absolute Gasteiger partial charge is 0.484 e. The first kappa shape index (κ1) is 15.4. The molecule has 0 aliphatic carbocycles. The SMILES string of the molecule is NCCc1ccc(OCC(=O)Nc2ccc(Cl)cc2)cc1. The smallest absolute Gasteiger partial charge is 0.262 e. The van der Waals surface area contributed by atoms with Crippen molar-refractivity contribution in [3.05, 3.63) is 59.1 Å². The van der Waals surface area contributed by atoms with Gasteiger partial charge in [-0.25, -0.2) is 0 Å². The van der Waals surface area contributed by atoms with Gasteiger partial charge in [-0.3, -0.25) is 4.79 Å². The molecule has 0 atom stereocenters. The van der Waals surface area contributed by atoms with Crippen LogP contribution in [-0.2, 0) is 11.2 Å². The summed E-state index contributed by atoms with van der Waals surface area (Å²) in [6, 6.07) is 14.5. The number of carbonyl (C=O) groups is 1. The molecular weight excluding hydrogens is 288 g/mol. The van der Waals surface area contributed by atoms with Gasteiger partial charge < -0.3 is 15.8 Å². The molecule has 2 aromatic carbocycles. The van der Waals surface area contributed by atoms with Crippen molar-refractivity contribution in [3.8, 4) is 5.75 Å². The first-order valence-electron chi connectivity index (χ1n) is 6.64. The maximum atomic E-state index is 11.8.